The molecule has 1 aromatic carbocycles. The predicted molar refractivity (Wildman–Crippen MR) is 84.9 cm³/mol. The molecule has 0 saturated heterocycles. The zero-order valence-corrected chi connectivity index (χ0v) is 13.3. The molecule has 1 aromatic rings. The molecule has 6 heteroatoms. The minimum atomic E-state index is -0.402. The highest BCUT2D eigenvalue weighted by Crippen LogP contribution is 2.30. The molecule has 6 nitrogen and oxygen atoms in total. The molecule has 0 aliphatic carbocycles. The molecule has 2 amide bonds. The molecule has 1 aliphatic heterocycles. The van der Waals surface area contributed by atoms with Crippen molar-refractivity contribution < 1.29 is 14.7 Å². The van der Waals surface area contributed by atoms with E-state index in [1.807, 2.05) is 6.07 Å². The van der Waals surface area contributed by atoms with Gasteiger partial charge in [0.05, 0.1) is 5.69 Å². The molecule has 0 aromatic heterocycles. The van der Waals surface area contributed by atoms with Crippen LogP contribution in [0.25, 0.3) is 0 Å². The molecule has 0 unspecified atom stereocenters. The molecule has 1 aliphatic rings. The number of hydrogen-bond donors (Lipinski definition) is 2. The summed E-state index contributed by atoms with van der Waals surface area (Å²) in [7, 11) is 1.52. The van der Waals surface area contributed by atoms with Gasteiger partial charge in [-0.1, -0.05) is 26.8 Å². The summed E-state index contributed by atoms with van der Waals surface area (Å²) in [5.41, 5.74) is 1.53. The highest BCUT2D eigenvalue weighted by atomic mass is 16.3. The Labute approximate surface area is 129 Å². The van der Waals surface area contributed by atoms with Crippen molar-refractivity contribution in [1.29, 1.82) is 0 Å². The van der Waals surface area contributed by atoms with E-state index in [4.69, 9.17) is 0 Å². The third-order valence-electron chi connectivity index (χ3n) is 3.58. The fourth-order valence-electron chi connectivity index (χ4n) is 2.13. The van der Waals surface area contributed by atoms with Crippen LogP contribution in [0.4, 0.5) is 5.69 Å². The summed E-state index contributed by atoms with van der Waals surface area (Å²) in [5, 5.41) is 17.7. The van der Waals surface area contributed by atoms with Crippen LogP contribution in [-0.2, 0) is 15.0 Å². The van der Waals surface area contributed by atoms with E-state index in [0.29, 0.717) is 12.1 Å². The normalized spacial score (nSPS) is 15.5. The summed E-state index contributed by atoms with van der Waals surface area (Å²) >= 11 is 0. The number of benzene rings is 1. The molecular weight excluding hydrogens is 282 g/mol. The van der Waals surface area contributed by atoms with E-state index in [2.05, 4.69) is 31.2 Å². The van der Waals surface area contributed by atoms with Crippen molar-refractivity contribution in [2.45, 2.75) is 39.0 Å². The number of amides is 2. The van der Waals surface area contributed by atoms with E-state index in [1.165, 1.54) is 12.1 Å². The van der Waals surface area contributed by atoms with Crippen molar-refractivity contribution in [3.63, 3.8) is 0 Å². The molecule has 0 spiro atoms. The third kappa shape index (κ3) is 3.44. The number of carbonyl (C=O) groups excluding carboxylic acids is 2. The van der Waals surface area contributed by atoms with Gasteiger partial charge in [-0.3, -0.25) is 9.59 Å². The van der Waals surface area contributed by atoms with Gasteiger partial charge in [-0.25, -0.2) is 5.01 Å². The smallest absolute Gasteiger partial charge is 0.271 e. The Morgan fingerprint density at radius 3 is 2.59 bits per heavy atom. The maximum atomic E-state index is 12.2. The van der Waals surface area contributed by atoms with E-state index in [0.717, 1.165) is 5.56 Å². The van der Waals surface area contributed by atoms with Gasteiger partial charge in [-0.05, 0) is 23.1 Å². The lowest BCUT2D eigenvalue weighted by atomic mass is 9.87. The Balaban J connectivity index is 2.22. The highest BCUT2D eigenvalue weighted by Gasteiger charge is 2.23. The van der Waals surface area contributed by atoms with Crippen molar-refractivity contribution in [3.8, 4) is 5.75 Å². The highest BCUT2D eigenvalue weighted by molar-refractivity contribution is 6.43. The van der Waals surface area contributed by atoms with Gasteiger partial charge in [0.1, 0.15) is 11.5 Å². The first-order chi connectivity index (χ1) is 10.2. The van der Waals surface area contributed by atoms with Gasteiger partial charge in [-0.2, -0.15) is 5.10 Å². The number of anilines is 1. The predicted octanol–water partition coefficient (Wildman–Crippen LogP) is 2.24. The third-order valence-corrected chi connectivity index (χ3v) is 3.58. The summed E-state index contributed by atoms with van der Waals surface area (Å²) < 4.78 is 0. The zero-order valence-electron chi connectivity index (χ0n) is 13.3. The lowest BCUT2D eigenvalue weighted by molar-refractivity contribution is -0.130. The second-order valence-electron chi connectivity index (χ2n) is 6.40. The van der Waals surface area contributed by atoms with E-state index < -0.39 is 5.91 Å². The fourth-order valence-corrected chi connectivity index (χ4v) is 2.13. The number of rotatable bonds is 2. The van der Waals surface area contributed by atoms with Crippen LogP contribution >= 0.6 is 0 Å². The van der Waals surface area contributed by atoms with Crippen molar-refractivity contribution in [2.24, 2.45) is 5.10 Å². The van der Waals surface area contributed by atoms with Gasteiger partial charge in [0.2, 0.25) is 5.91 Å². The standard InChI is InChI=1S/C16H21N3O3/c1-16(2,3)10-5-7-13(20)12(9-10)17-15(22)11-6-8-14(21)19(4)18-11/h5,7,9,20H,6,8H2,1-4H3,(H,17,22). The van der Waals surface area contributed by atoms with Crippen LogP contribution in [0.1, 0.15) is 39.2 Å². The average Bonchev–Trinajstić information content (AvgIpc) is 2.43. The SMILES string of the molecule is CN1N=C(C(=O)Nc2cc(C(C)(C)C)ccc2O)CCC1=O. The van der Waals surface area contributed by atoms with Gasteiger partial charge in [0.25, 0.3) is 5.91 Å². The first-order valence-corrected chi connectivity index (χ1v) is 7.17. The van der Waals surface area contributed by atoms with E-state index in [9.17, 15) is 14.7 Å². The number of carbonyl (C=O) groups is 2. The molecule has 0 atom stereocenters. The summed E-state index contributed by atoms with van der Waals surface area (Å²) in [6.45, 7) is 6.16. The monoisotopic (exact) mass is 303 g/mol. The van der Waals surface area contributed by atoms with Crippen molar-refractivity contribution in [1.82, 2.24) is 5.01 Å². The Hall–Kier alpha value is -2.37. The van der Waals surface area contributed by atoms with Crippen LogP contribution in [-0.4, -0.2) is 34.7 Å². The van der Waals surface area contributed by atoms with Crippen LogP contribution < -0.4 is 5.32 Å². The Morgan fingerprint density at radius 1 is 1.32 bits per heavy atom. The topological polar surface area (TPSA) is 82.0 Å². The number of phenols is 1. The Morgan fingerprint density at radius 2 is 2.00 bits per heavy atom. The zero-order chi connectivity index (χ0) is 16.5. The molecule has 118 valence electrons. The summed E-state index contributed by atoms with van der Waals surface area (Å²) in [6, 6.07) is 5.15. The molecular formula is C16H21N3O3. The maximum Gasteiger partial charge on any atom is 0.271 e. The van der Waals surface area contributed by atoms with Gasteiger partial charge >= 0.3 is 0 Å². The number of nitrogens with zero attached hydrogens (tertiary/aromatic N) is 2. The van der Waals surface area contributed by atoms with E-state index >= 15 is 0 Å². The first-order valence-electron chi connectivity index (χ1n) is 7.17. The number of phenolic OH excluding ortho intramolecular Hbond substituents is 1. The van der Waals surface area contributed by atoms with Crippen LogP contribution in [0.3, 0.4) is 0 Å². The number of aromatic hydroxyl groups is 1. The largest absolute Gasteiger partial charge is 0.506 e. The summed E-state index contributed by atoms with van der Waals surface area (Å²) in [6.07, 6.45) is 0.561. The van der Waals surface area contributed by atoms with E-state index in [-0.39, 0.29) is 29.2 Å². The fraction of sp³-hybridized carbons (Fsp3) is 0.438. The van der Waals surface area contributed by atoms with Crippen LogP contribution in [0.15, 0.2) is 23.3 Å². The van der Waals surface area contributed by atoms with Crippen LogP contribution in [0.5, 0.6) is 5.75 Å². The Kier molecular flexibility index (Phi) is 4.21. The van der Waals surface area contributed by atoms with E-state index in [1.54, 1.807) is 12.1 Å². The molecule has 0 bridgehead atoms. The summed E-state index contributed by atoms with van der Waals surface area (Å²) in [5.74, 6) is -0.517. The van der Waals surface area contributed by atoms with Crippen molar-refractivity contribution in [2.75, 3.05) is 12.4 Å². The molecule has 1 heterocycles. The minimum absolute atomic E-state index is 0.00203. The average molecular weight is 303 g/mol. The number of nitrogens with one attached hydrogen (secondary N) is 1. The van der Waals surface area contributed by atoms with Gasteiger partial charge in [0, 0.05) is 19.9 Å². The van der Waals surface area contributed by atoms with Crippen molar-refractivity contribution in [3.05, 3.63) is 23.8 Å². The van der Waals surface area contributed by atoms with Crippen LogP contribution in [0.2, 0.25) is 0 Å². The lowest BCUT2D eigenvalue weighted by Crippen LogP contribution is -2.34. The van der Waals surface area contributed by atoms with Crippen LogP contribution in [0, 0.1) is 0 Å². The lowest BCUT2D eigenvalue weighted by Gasteiger charge is -2.21. The summed E-state index contributed by atoms with van der Waals surface area (Å²) in [4.78, 5) is 23.6. The minimum Gasteiger partial charge on any atom is -0.506 e. The Bertz CT molecular complexity index is 645. The molecule has 0 fully saturated rings. The maximum absolute atomic E-state index is 12.2. The molecule has 0 radical (unpaired) electrons. The molecule has 2 rings (SSSR count). The second kappa shape index (κ2) is 5.79. The second-order valence-corrected chi connectivity index (χ2v) is 6.40. The first kappa shape index (κ1) is 16.0. The molecule has 22 heavy (non-hydrogen) atoms. The van der Waals surface area contributed by atoms with Gasteiger partial charge in [0.15, 0.2) is 0 Å². The number of hydrogen-bond acceptors (Lipinski definition) is 4. The van der Waals surface area contributed by atoms with Crippen molar-refractivity contribution >= 4 is 23.2 Å². The van der Waals surface area contributed by atoms with Gasteiger partial charge in [-0.15, -0.1) is 0 Å². The quantitative estimate of drug-likeness (QED) is 0.822. The molecule has 2 N–H and O–H groups in total. The molecule has 0 saturated carbocycles. The van der Waals surface area contributed by atoms with Gasteiger partial charge < -0.3 is 10.4 Å². The number of hydrazone groups is 1.